The number of aliphatic imine (C=N–C) groups is 1. The molecule has 0 aliphatic heterocycles. The maximum Gasteiger partial charge on any atom is 0.0545 e. The Bertz CT molecular complexity index is 449. The monoisotopic (exact) mass is 287 g/mol. The third-order valence-corrected chi connectivity index (χ3v) is 4.50. The first-order valence-corrected chi connectivity index (χ1v) is 8.57. The minimum absolute atomic E-state index is 0.402. The van der Waals surface area contributed by atoms with Crippen molar-refractivity contribution >= 4 is 6.21 Å². The zero-order valence-corrected chi connectivity index (χ0v) is 15.0. The predicted molar refractivity (Wildman–Crippen MR) is 95.6 cm³/mol. The average molecular weight is 287 g/mol. The van der Waals surface area contributed by atoms with Crippen LogP contribution in [0.25, 0.3) is 0 Å². The molecule has 1 rings (SSSR count). The number of hydrogen-bond donors (Lipinski definition) is 0. The van der Waals surface area contributed by atoms with E-state index >= 15 is 0 Å². The van der Waals surface area contributed by atoms with Crippen LogP contribution in [-0.2, 0) is 6.42 Å². The van der Waals surface area contributed by atoms with Gasteiger partial charge >= 0.3 is 0 Å². The molecule has 1 heteroatoms. The van der Waals surface area contributed by atoms with Gasteiger partial charge < -0.3 is 0 Å². The SMILES string of the molecule is CCc1cccc(C(C)CC)c1C=NC(C(C)C)C(C)C. The van der Waals surface area contributed by atoms with Crippen LogP contribution in [0, 0.1) is 11.8 Å². The minimum atomic E-state index is 0.402. The fourth-order valence-electron chi connectivity index (χ4n) is 3.02. The van der Waals surface area contributed by atoms with E-state index in [-0.39, 0.29) is 0 Å². The van der Waals surface area contributed by atoms with Crippen molar-refractivity contribution in [1.82, 2.24) is 0 Å². The molecule has 0 aliphatic rings. The summed E-state index contributed by atoms with van der Waals surface area (Å²) >= 11 is 0. The molecule has 0 saturated heterocycles. The number of hydrogen-bond acceptors (Lipinski definition) is 1. The van der Waals surface area contributed by atoms with Gasteiger partial charge in [0.15, 0.2) is 0 Å². The second-order valence-corrected chi connectivity index (χ2v) is 6.84. The lowest BCUT2D eigenvalue weighted by atomic mass is 9.90. The molecule has 0 N–H and O–H groups in total. The molecule has 0 heterocycles. The van der Waals surface area contributed by atoms with Gasteiger partial charge in [0.05, 0.1) is 6.04 Å². The molecule has 0 aliphatic carbocycles. The number of rotatable bonds is 7. The first-order valence-electron chi connectivity index (χ1n) is 8.57. The molecule has 1 atom stereocenters. The largest absolute Gasteiger partial charge is 0.289 e. The van der Waals surface area contributed by atoms with E-state index in [2.05, 4.69) is 72.9 Å². The molecular weight excluding hydrogens is 254 g/mol. The minimum Gasteiger partial charge on any atom is -0.289 e. The summed E-state index contributed by atoms with van der Waals surface area (Å²) in [5, 5.41) is 0. The topological polar surface area (TPSA) is 12.4 Å². The van der Waals surface area contributed by atoms with Gasteiger partial charge in [0, 0.05) is 6.21 Å². The van der Waals surface area contributed by atoms with E-state index in [1.54, 1.807) is 0 Å². The summed E-state index contributed by atoms with van der Waals surface area (Å²) < 4.78 is 0. The third kappa shape index (κ3) is 4.69. The van der Waals surface area contributed by atoms with E-state index in [0.29, 0.717) is 23.8 Å². The quantitative estimate of drug-likeness (QED) is 0.557. The normalized spacial score (nSPS) is 13.8. The molecule has 21 heavy (non-hydrogen) atoms. The van der Waals surface area contributed by atoms with Crippen LogP contribution in [0.2, 0.25) is 0 Å². The Morgan fingerprint density at radius 2 is 1.62 bits per heavy atom. The maximum absolute atomic E-state index is 4.95. The smallest absolute Gasteiger partial charge is 0.0545 e. The predicted octanol–water partition coefficient (Wildman–Crippen LogP) is 5.86. The second-order valence-electron chi connectivity index (χ2n) is 6.84. The van der Waals surface area contributed by atoms with Crippen LogP contribution in [0.5, 0.6) is 0 Å². The lowest BCUT2D eigenvalue weighted by Crippen LogP contribution is -2.20. The molecule has 1 aromatic rings. The van der Waals surface area contributed by atoms with Crippen LogP contribution in [0.4, 0.5) is 0 Å². The summed E-state index contributed by atoms with van der Waals surface area (Å²) in [5.74, 6) is 1.76. The van der Waals surface area contributed by atoms with Crippen LogP contribution < -0.4 is 0 Å². The summed E-state index contributed by atoms with van der Waals surface area (Å²) in [7, 11) is 0. The molecule has 1 unspecified atom stereocenters. The Morgan fingerprint density at radius 1 is 1.00 bits per heavy atom. The van der Waals surface area contributed by atoms with Crippen LogP contribution in [0.1, 0.15) is 77.5 Å². The molecule has 0 fully saturated rings. The highest BCUT2D eigenvalue weighted by Gasteiger charge is 2.16. The van der Waals surface area contributed by atoms with E-state index < -0.39 is 0 Å². The van der Waals surface area contributed by atoms with Gasteiger partial charge in [-0.15, -0.1) is 0 Å². The van der Waals surface area contributed by atoms with Crippen molar-refractivity contribution in [2.75, 3.05) is 0 Å². The van der Waals surface area contributed by atoms with Gasteiger partial charge in [-0.25, -0.2) is 0 Å². The van der Waals surface area contributed by atoms with Crippen molar-refractivity contribution < 1.29 is 0 Å². The molecule has 0 saturated carbocycles. The molecule has 0 bridgehead atoms. The lowest BCUT2D eigenvalue weighted by Gasteiger charge is -2.21. The molecule has 0 radical (unpaired) electrons. The molecule has 1 aromatic carbocycles. The highest BCUT2D eigenvalue weighted by molar-refractivity contribution is 5.84. The summed E-state index contributed by atoms with van der Waals surface area (Å²) in [6, 6.07) is 7.11. The van der Waals surface area contributed by atoms with Crippen molar-refractivity contribution in [2.24, 2.45) is 16.8 Å². The van der Waals surface area contributed by atoms with Gasteiger partial charge in [-0.2, -0.15) is 0 Å². The van der Waals surface area contributed by atoms with Crippen molar-refractivity contribution in [2.45, 2.75) is 73.3 Å². The van der Waals surface area contributed by atoms with Gasteiger partial charge in [0.2, 0.25) is 0 Å². The fourth-order valence-corrected chi connectivity index (χ4v) is 3.02. The van der Waals surface area contributed by atoms with Crippen molar-refractivity contribution in [3.05, 3.63) is 34.9 Å². The van der Waals surface area contributed by atoms with Crippen LogP contribution in [-0.4, -0.2) is 12.3 Å². The van der Waals surface area contributed by atoms with Gasteiger partial charge in [0.25, 0.3) is 0 Å². The van der Waals surface area contributed by atoms with E-state index in [1.807, 2.05) is 0 Å². The molecule has 118 valence electrons. The standard InChI is InChI=1S/C20H33N/c1-8-16(7)18-12-10-11-17(9-2)19(18)13-21-20(14(3)4)15(5)6/h10-16,20H,8-9H2,1-7H3. The van der Waals surface area contributed by atoms with Crippen molar-refractivity contribution in [3.63, 3.8) is 0 Å². The van der Waals surface area contributed by atoms with Gasteiger partial charge in [-0.3, -0.25) is 4.99 Å². The first-order chi connectivity index (χ1) is 9.92. The molecule has 1 nitrogen and oxygen atoms in total. The Hall–Kier alpha value is -1.11. The first kappa shape index (κ1) is 17.9. The summed E-state index contributed by atoms with van der Waals surface area (Å²) in [5.41, 5.74) is 4.23. The molecule has 0 aromatic heterocycles. The maximum atomic E-state index is 4.95. The number of benzene rings is 1. The Labute approximate surface area is 131 Å². The van der Waals surface area contributed by atoms with Crippen molar-refractivity contribution in [3.8, 4) is 0 Å². The fraction of sp³-hybridized carbons (Fsp3) is 0.650. The van der Waals surface area contributed by atoms with Crippen LogP contribution in [0.3, 0.4) is 0 Å². The highest BCUT2D eigenvalue weighted by atomic mass is 14.8. The van der Waals surface area contributed by atoms with E-state index in [1.165, 1.54) is 23.1 Å². The Balaban J connectivity index is 3.21. The molecule has 0 amide bonds. The van der Waals surface area contributed by atoms with Gasteiger partial charge in [-0.05, 0) is 47.3 Å². The third-order valence-electron chi connectivity index (χ3n) is 4.50. The second kappa shape index (κ2) is 8.36. The average Bonchev–Trinajstić information content (AvgIpc) is 2.45. The molecular formula is C20H33N. The van der Waals surface area contributed by atoms with E-state index in [9.17, 15) is 0 Å². The van der Waals surface area contributed by atoms with Crippen LogP contribution >= 0.6 is 0 Å². The summed E-state index contributed by atoms with van der Waals surface area (Å²) in [6.45, 7) is 15.9. The Morgan fingerprint density at radius 3 is 2.10 bits per heavy atom. The van der Waals surface area contributed by atoms with Gasteiger partial charge in [-0.1, -0.05) is 66.7 Å². The van der Waals surface area contributed by atoms with E-state index in [0.717, 1.165) is 6.42 Å². The highest BCUT2D eigenvalue weighted by Crippen LogP contribution is 2.25. The number of nitrogens with zero attached hydrogens (tertiary/aromatic N) is 1. The van der Waals surface area contributed by atoms with Crippen molar-refractivity contribution in [1.29, 1.82) is 0 Å². The van der Waals surface area contributed by atoms with Gasteiger partial charge in [0.1, 0.15) is 0 Å². The molecule has 0 spiro atoms. The lowest BCUT2D eigenvalue weighted by molar-refractivity contribution is 0.390. The Kier molecular flexibility index (Phi) is 7.14. The zero-order chi connectivity index (χ0) is 16.0. The van der Waals surface area contributed by atoms with Crippen LogP contribution in [0.15, 0.2) is 23.2 Å². The summed E-state index contributed by atoms with van der Waals surface area (Å²) in [4.78, 5) is 4.95. The summed E-state index contributed by atoms with van der Waals surface area (Å²) in [6.07, 6.45) is 4.40. The number of aryl methyl sites for hydroxylation is 1. The zero-order valence-electron chi connectivity index (χ0n) is 15.0. The van der Waals surface area contributed by atoms with E-state index in [4.69, 9.17) is 4.99 Å².